The van der Waals surface area contributed by atoms with E-state index in [2.05, 4.69) is 0 Å². The van der Waals surface area contributed by atoms with Crippen molar-refractivity contribution in [1.82, 2.24) is 0 Å². The molecule has 0 aliphatic carbocycles. The SMILES string of the molecule is CC(=O)I(C)C. The Hall–Kier alpha value is 0.400. The summed E-state index contributed by atoms with van der Waals surface area (Å²) in [4.78, 5) is 14.3. The van der Waals surface area contributed by atoms with Gasteiger partial charge < -0.3 is 0 Å². The van der Waals surface area contributed by atoms with Crippen molar-refractivity contribution in [1.29, 1.82) is 0 Å². The summed E-state index contributed by atoms with van der Waals surface area (Å²) in [5.74, 6) is 0. The Labute approximate surface area is 45.5 Å². The fraction of sp³-hybridized carbons (Fsp3) is 0.750. The van der Waals surface area contributed by atoms with E-state index in [1.54, 1.807) is 6.92 Å². The zero-order valence-electron chi connectivity index (χ0n) is 4.29. The first-order valence-corrected chi connectivity index (χ1v) is 7.04. The zero-order valence-corrected chi connectivity index (χ0v) is 6.44. The second-order valence-electron chi connectivity index (χ2n) is 1.23. The van der Waals surface area contributed by atoms with Gasteiger partial charge in [-0.3, -0.25) is 0 Å². The van der Waals surface area contributed by atoms with Gasteiger partial charge in [0.05, 0.1) is 0 Å². The van der Waals surface area contributed by atoms with Crippen LogP contribution in [0.15, 0.2) is 0 Å². The third-order valence-electron chi connectivity index (χ3n) is 0.532. The first-order chi connectivity index (χ1) is 2.64. The van der Waals surface area contributed by atoms with Crippen LogP contribution in [0.5, 0.6) is 0 Å². The van der Waals surface area contributed by atoms with Crippen LogP contribution >= 0.6 is 19.8 Å². The monoisotopic (exact) mass is 200 g/mol. The molecule has 0 spiro atoms. The van der Waals surface area contributed by atoms with Crippen LogP contribution < -0.4 is 0 Å². The van der Waals surface area contributed by atoms with Crippen LogP contribution in [0.2, 0.25) is 0 Å². The normalized spacial score (nSPS) is 10.8. The van der Waals surface area contributed by atoms with E-state index in [0.717, 1.165) is 0 Å². The molecule has 1 nitrogen and oxygen atoms in total. The molecule has 0 amide bonds. The van der Waals surface area contributed by atoms with Gasteiger partial charge in [-0.25, -0.2) is 0 Å². The Bertz CT molecular complexity index is 58.6. The Morgan fingerprint density at radius 1 is 1.50 bits per heavy atom. The molecule has 2 heteroatoms. The quantitative estimate of drug-likeness (QED) is 0.354. The van der Waals surface area contributed by atoms with Gasteiger partial charge in [0.1, 0.15) is 0 Å². The van der Waals surface area contributed by atoms with Gasteiger partial charge >= 0.3 is 45.2 Å². The van der Waals surface area contributed by atoms with E-state index in [1.165, 1.54) is 0 Å². The molecule has 0 aliphatic rings. The number of alkyl halides is 2. The summed E-state index contributed by atoms with van der Waals surface area (Å²) < 4.78 is 0.416. The summed E-state index contributed by atoms with van der Waals surface area (Å²) in [5.41, 5.74) is 0. The standard InChI is InChI=1S/C4H9IO/c1-4(6)5(2)3/h1-3H3. The van der Waals surface area contributed by atoms with Gasteiger partial charge in [-0.2, -0.15) is 0 Å². The second-order valence-corrected chi connectivity index (χ2v) is 7.06. The molecule has 0 saturated carbocycles. The van der Waals surface area contributed by atoms with Crippen LogP contribution in [0.1, 0.15) is 6.92 Å². The van der Waals surface area contributed by atoms with Crippen molar-refractivity contribution in [3.8, 4) is 0 Å². The summed E-state index contributed by atoms with van der Waals surface area (Å²) in [6.45, 7) is 1.67. The summed E-state index contributed by atoms with van der Waals surface area (Å²) in [6, 6.07) is 0. The van der Waals surface area contributed by atoms with E-state index < -0.39 is 19.8 Å². The minimum atomic E-state index is -1.02. The molecule has 6 heavy (non-hydrogen) atoms. The minimum absolute atomic E-state index is 0.416. The Balaban J connectivity index is 3.26. The van der Waals surface area contributed by atoms with E-state index in [4.69, 9.17) is 0 Å². The molecule has 0 rings (SSSR count). The Morgan fingerprint density at radius 2 is 1.67 bits per heavy atom. The zero-order chi connectivity index (χ0) is 5.15. The number of hydrogen-bond donors (Lipinski definition) is 0. The molecule has 0 aliphatic heterocycles. The van der Waals surface area contributed by atoms with Crippen LogP contribution in [0.25, 0.3) is 0 Å². The second kappa shape index (κ2) is 2.55. The van der Waals surface area contributed by atoms with Crippen molar-refractivity contribution < 1.29 is 4.79 Å². The molecule has 0 heterocycles. The van der Waals surface area contributed by atoms with Crippen LogP contribution in [-0.2, 0) is 4.79 Å². The first-order valence-electron chi connectivity index (χ1n) is 1.65. The fourth-order valence-electron chi connectivity index (χ4n) is 0. The van der Waals surface area contributed by atoms with Crippen molar-refractivity contribution in [2.75, 3.05) is 9.86 Å². The molecule has 0 unspecified atom stereocenters. The van der Waals surface area contributed by atoms with Gasteiger partial charge in [0.2, 0.25) is 0 Å². The maximum atomic E-state index is 10.2. The topological polar surface area (TPSA) is 17.1 Å². The molecule has 0 fully saturated rings. The molecule has 0 saturated heterocycles. The molecule has 38 valence electrons. The van der Waals surface area contributed by atoms with E-state index in [9.17, 15) is 4.79 Å². The van der Waals surface area contributed by atoms with Crippen molar-refractivity contribution in [3.05, 3.63) is 0 Å². The van der Waals surface area contributed by atoms with Crippen LogP contribution in [0.4, 0.5) is 0 Å². The van der Waals surface area contributed by atoms with E-state index in [1.807, 2.05) is 9.86 Å². The molecule has 0 radical (unpaired) electrons. The summed E-state index contributed by atoms with van der Waals surface area (Å²) in [7, 11) is 0. The fourth-order valence-corrected chi connectivity index (χ4v) is 0. The summed E-state index contributed by atoms with van der Waals surface area (Å²) in [5, 5.41) is 0. The van der Waals surface area contributed by atoms with Crippen molar-refractivity contribution in [3.63, 3.8) is 0 Å². The summed E-state index contributed by atoms with van der Waals surface area (Å²) in [6.07, 6.45) is 0. The number of rotatable bonds is 1. The number of carbonyl (C=O) groups is 1. The van der Waals surface area contributed by atoms with E-state index in [0.29, 0.717) is 3.79 Å². The van der Waals surface area contributed by atoms with E-state index in [-0.39, 0.29) is 0 Å². The molecule has 0 N–H and O–H groups in total. The third-order valence-corrected chi connectivity index (χ3v) is 3.57. The van der Waals surface area contributed by atoms with Crippen molar-refractivity contribution in [2.45, 2.75) is 6.92 Å². The average Bonchev–Trinajstić information content (AvgIpc) is 1.36. The molecular formula is C4H9IO. The van der Waals surface area contributed by atoms with Gasteiger partial charge in [0, 0.05) is 0 Å². The van der Waals surface area contributed by atoms with Crippen LogP contribution in [0, 0.1) is 0 Å². The van der Waals surface area contributed by atoms with Crippen LogP contribution in [-0.4, -0.2) is 13.7 Å². The predicted octanol–water partition coefficient (Wildman–Crippen LogP) is 1.30. The van der Waals surface area contributed by atoms with Crippen molar-refractivity contribution in [2.24, 2.45) is 0 Å². The van der Waals surface area contributed by atoms with Gasteiger partial charge in [0.25, 0.3) is 0 Å². The number of halogens is 1. The Morgan fingerprint density at radius 3 is 1.67 bits per heavy atom. The number of hydrogen-bond acceptors (Lipinski definition) is 1. The van der Waals surface area contributed by atoms with E-state index >= 15 is 0 Å². The molecule has 0 aromatic carbocycles. The molecular weight excluding hydrogens is 191 g/mol. The Kier molecular flexibility index (Phi) is 2.72. The summed E-state index contributed by atoms with van der Waals surface area (Å²) >= 11 is -1.02. The predicted molar refractivity (Wildman–Crippen MR) is 36.5 cm³/mol. The molecule has 0 bridgehead atoms. The molecule has 0 aromatic heterocycles. The van der Waals surface area contributed by atoms with Crippen molar-refractivity contribution >= 4 is 23.6 Å². The number of carbonyl (C=O) groups excluding carboxylic acids is 1. The van der Waals surface area contributed by atoms with Gasteiger partial charge in [-0.15, -0.1) is 0 Å². The average molecular weight is 200 g/mol. The molecule has 0 atom stereocenters. The maximum absolute atomic E-state index is 10.2. The van der Waals surface area contributed by atoms with Gasteiger partial charge in [-0.1, -0.05) is 0 Å². The third kappa shape index (κ3) is 2.63. The molecule has 0 aromatic rings. The van der Waals surface area contributed by atoms with Gasteiger partial charge in [0.15, 0.2) is 0 Å². The first kappa shape index (κ1) is 6.40. The van der Waals surface area contributed by atoms with Gasteiger partial charge in [-0.05, 0) is 0 Å². The van der Waals surface area contributed by atoms with Crippen LogP contribution in [0.3, 0.4) is 0 Å².